The van der Waals surface area contributed by atoms with Crippen molar-refractivity contribution in [2.24, 2.45) is 0 Å². The molecule has 1 aliphatic rings. The number of carbonyl (C=O) groups excluding carboxylic acids is 1. The van der Waals surface area contributed by atoms with E-state index in [4.69, 9.17) is 22.1 Å². The largest absolute Gasteiger partial charge is 0.459 e. The fraction of sp³-hybridized carbons (Fsp3) is 0.278. The standard InChI is InChI=1S/C18H17BO4/c19-13-18(15-9-5-2-6-10-15)22-12-16(23-18)11-21-17(20)14-7-3-1-4-8-14/h1-10,16H,11-13H2/t16-,18-/m1/s1. The summed E-state index contributed by atoms with van der Waals surface area (Å²) in [6.45, 7) is 0.455. The number of esters is 1. The number of benzene rings is 2. The summed E-state index contributed by atoms with van der Waals surface area (Å²) in [6.07, 6.45) is -0.147. The van der Waals surface area contributed by atoms with E-state index in [1.165, 1.54) is 0 Å². The average Bonchev–Trinajstić information content (AvgIpc) is 3.06. The van der Waals surface area contributed by atoms with E-state index < -0.39 is 5.79 Å². The molecule has 116 valence electrons. The summed E-state index contributed by atoms with van der Waals surface area (Å²) >= 11 is 0. The van der Waals surface area contributed by atoms with Crippen LogP contribution in [0.4, 0.5) is 0 Å². The maximum Gasteiger partial charge on any atom is 0.338 e. The van der Waals surface area contributed by atoms with E-state index in [1.54, 1.807) is 24.3 Å². The Labute approximate surface area is 136 Å². The van der Waals surface area contributed by atoms with Gasteiger partial charge in [-0.25, -0.2) is 4.79 Å². The molecule has 2 aromatic rings. The molecule has 2 aromatic carbocycles. The summed E-state index contributed by atoms with van der Waals surface area (Å²) in [5, 5.41) is 0. The van der Waals surface area contributed by atoms with E-state index in [1.807, 2.05) is 36.4 Å². The van der Waals surface area contributed by atoms with Crippen LogP contribution in [0.2, 0.25) is 6.32 Å². The maximum atomic E-state index is 12.0. The smallest absolute Gasteiger partial charge is 0.338 e. The van der Waals surface area contributed by atoms with Crippen LogP contribution in [0, 0.1) is 0 Å². The third-order valence-electron chi connectivity index (χ3n) is 3.75. The Kier molecular flexibility index (Phi) is 4.79. The molecule has 1 saturated heterocycles. The molecule has 0 unspecified atom stereocenters. The van der Waals surface area contributed by atoms with E-state index in [-0.39, 0.29) is 25.0 Å². The van der Waals surface area contributed by atoms with Crippen molar-refractivity contribution in [1.82, 2.24) is 0 Å². The zero-order chi connectivity index (χ0) is 16.1. The van der Waals surface area contributed by atoms with Gasteiger partial charge in [-0.3, -0.25) is 0 Å². The molecule has 0 aliphatic carbocycles. The fourth-order valence-electron chi connectivity index (χ4n) is 2.54. The van der Waals surface area contributed by atoms with Crippen molar-refractivity contribution in [2.75, 3.05) is 13.2 Å². The number of rotatable bonds is 5. The molecule has 1 aliphatic heterocycles. The molecule has 5 heteroatoms. The van der Waals surface area contributed by atoms with Crippen molar-refractivity contribution >= 4 is 13.8 Å². The predicted molar refractivity (Wildman–Crippen MR) is 86.2 cm³/mol. The van der Waals surface area contributed by atoms with E-state index in [2.05, 4.69) is 0 Å². The Morgan fingerprint density at radius 3 is 2.43 bits per heavy atom. The van der Waals surface area contributed by atoms with Gasteiger partial charge in [-0.15, -0.1) is 0 Å². The lowest BCUT2D eigenvalue weighted by Crippen LogP contribution is -2.29. The molecule has 4 nitrogen and oxygen atoms in total. The van der Waals surface area contributed by atoms with E-state index >= 15 is 0 Å². The number of ether oxygens (including phenoxy) is 3. The minimum atomic E-state index is -0.967. The molecule has 2 atom stereocenters. The number of hydrogen-bond donors (Lipinski definition) is 0. The molecule has 1 fully saturated rings. The van der Waals surface area contributed by atoms with Crippen molar-refractivity contribution in [3.63, 3.8) is 0 Å². The second-order valence-electron chi connectivity index (χ2n) is 5.34. The second-order valence-corrected chi connectivity index (χ2v) is 5.34. The first-order valence-corrected chi connectivity index (χ1v) is 7.53. The lowest BCUT2D eigenvalue weighted by atomic mass is 9.90. The summed E-state index contributed by atoms with van der Waals surface area (Å²) in [4.78, 5) is 12.0. The van der Waals surface area contributed by atoms with Crippen LogP contribution in [0.5, 0.6) is 0 Å². The molecule has 0 spiro atoms. The quantitative estimate of drug-likeness (QED) is 0.629. The Balaban J connectivity index is 1.60. The Morgan fingerprint density at radius 1 is 1.13 bits per heavy atom. The zero-order valence-corrected chi connectivity index (χ0v) is 12.7. The van der Waals surface area contributed by atoms with Gasteiger partial charge in [0.1, 0.15) is 12.7 Å². The van der Waals surface area contributed by atoms with E-state index in [0.29, 0.717) is 12.2 Å². The molecule has 0 aromatic heterocycles. The molecule has 3 rings (SSSR count). The minimum Gasteiger partial charge on any atom is -0.459 e. The first kappa shape index (κ1) is 15.8. The second kappa shape index (κ2) is 6.98. The van der Waals surface area contributed by atoms with Gasteiger partial charge in [0.15, 0.2) is 5.79 Å². The zero-order valence-electron chi connectivity index (χ0n) is 12.7. The summed E-state index contributed by atoms with van der Waals surface area (Å²) in [5.74, 6) is -1.34. The van der Waals surface area contributed by atoms with Crippen LogP contribution in [0.15, 0.2) is 60.7 Å². The first-order valence-electron chi connectivity index (χ1n) is 7.53. The highest BCUT2D eigenvalue weighted by Gasteiger charge is 2.41. The lowest BCUT2D eigenvalue weighted by molar-refractivity contribution is -0.164. The van der Waals surface area contributed by atoms with Crippen LogP contribution in [-0.2, 0) is 20.0 Å². The molecular formula is C18H17BO4. The van der Waals surface area contributed by atoms with Crippen LogP contribution in [0.3, 0.4) is 0 Å². The molecule has 0 N–H and O–H groups in total. The fourth-order valence-corrected chi connectivity index (χ4v) is 2.54. The van der Waals surface area contributed by atoms with E-state index in [0.717, 1.165) is 5.56 Å². The van der Waals surface area contributed by atoms with Crippen molar-refractivity contribution < 1.29 is 19.0 Å². The van der Waals surface area contributed by atoms with Gasteiger partial charge >= 0.3 is 5.97 Å². The molecule has 2 radical (unpaired) electrons. The lowest BCUT2D eigenvalue weighted by Gasteiger charge is -2.27. The van der Waals surface area contributed by atoms with Crippen LogP contribution < -0.4 is 0 Å². The summed E-state index contributed by atoms with van der Waals surface area (Å²) < 4.78 is 17.0. The molecular weight excluding hydrogens is 291 g/mol. The van der Waals surface area contributed by atoms with Crippen LogP contribution >= 0.6 is 0 Å². The Bertz CT molecular complexity index is 647. The summed E-state index contributed by atoms with van der Waals surface area (Å²) in [6, 6.07) is 18.4. The van der Waals surface area contributed by atoms with Gasteiger partial charge in [0.2, 0.25) is 0 Å². The SMILES string of the molecule is [B]C[C@@]1(c2ccccc2)OC[C@@H](COC(=O)c2ccccc2)O1. The molecule has 1 heterocycles. The molecule has 0 bridgehead atoms. The highest BCUT2D eigenvalue weighted by Crippen LogP contribution is 2.37. The predicted octanol–water partition coefficient (Wildman–Crippen LogP) is 2.70. The van der Waals surface area contributed by atoms with Gasteiger partial charge in [0.05, 0.1) is 20.0 Å². The highest BCUT2D eigenvalue weighted by atomic mass is 16.8. The third-order valence-corrected chi connectivity index (χ3v) is 3.75. The van der Waals surface area contributed by atoms with Crippen molar-refractivity contribution in [3.8, 4) is 0 Å². The van der Waals surface area contributed by atoms with Gasteiger partial charge in [0.25, 0.3) is 0 Å². The molecule has 0 saturated carbocycles. The first-order chi connectivity index (χ1) is 11.2. The topological polar surface area (TPSA) is 44.8 Å². The monoisotopic (exact) mass is 308 g/mol. The maximum absolute atomic E-state index is 12.0. The van der Waals surface area contributed by atoms with Gasteiger partial charge in [-0.05, 0) is 18.5 Å². The van der Waals surface area contributed by atoms with Gasteiger partial charge in [0, 0.05) is 5.56 Å². The number of carbonyl (C=O) groups is 1. The van der Waals surface area contributed by atoms with Gasteiger partial charge in [-0.1, -0.05) is 48.5 Å². The highest BCUT2D eigenvalue weighted by molar-refractivity contribution is 6.09. The average molecular weight is 308 g/mol. The van der Waals surface area contributed by atoms with Crippen molar-refractivity contribution in [3.05, 3.63) is 71.8 Å². The molecule has 0 amide bonds. The number of hydrogen-bond acceptors (Lipinski definition) is 4. The Morgan fingerprint density at radius 2 is 1.78 bits per heavy atom. The van der Waals surface area contributed by atoms with Crippen molar-refractivity contribution in [2.45, 2.75) is 18.2 Å². The van der Waals surface area contributed by atoms with E-state index in [9.17, 15) is 4.79 Å². The normalized spacial score (nSPS) is 23.6. The third kappa shape index (κ3) is 3.46. The molecule has 23 heavy (non-hydrogen) atoms. The van der Waals surface area contributed by atoms with Gasteiger partial charge < -0.3 is 14.2 Å². The minimum absolute atomic E-state index is 0.127. The Hall–Kier alpha value is -2.11. The van der Waals surface area contributed by atoms with Gasteiger partial charge in [-0.2, -0.15) is 0 Å². The van der Waals surface area contributed by atoms with Crippen molar-refractivity contribution in [1.29, 1.82) is 0 Å². The van der Waals surface area contributed by atoms with Crippen LogP contribution in [-0.4, -0.2) is 33.1 Å². The van der Waals surface area contributed by atoms with Crippen LogP contribution in [0.25, 0.3) is 0 Å². The summed E-state index contributed by atoms with van der Waals surface area (Å²) in [5.41, 5.74) is 1.37. The summed E-state index contributed by atoms with van der Waals surface area (Å²) in [7, 11) is 5.85. The van der Waals surface area contributed by atoms with Crippen LogP contribution in [0.1, 0.15) is 15.9 Å².